The Balaban J connectivity index is 1.98. The van der Waals surface area contributed by atoms with Gasteiger partial charge in [-0.15, -0.1) is 0 Å². The molecule has 2 atom stereocenters. The molecular formula is C10H10O4. The largest absolute Gasteiger partial charge is 0.489 e. The first kappa shape index (κ1) is 8.03. The Kier molecular flexibility index (Phi) is 1.48. The highest BCUT2D eigenvalue weighted by Crippen LogP contribution is 2.40. The summed E-state index contributed by atoms with van der Waals surface area (Å²) in [6, 6.07) is 0. The molecule has 1 saturated heterocycles. The van der Waals surface area contributed by atoms with Gasteiger partial charge in [0.05, 0.1) is 12.0 Å². The van der Waals surface area contributed by atoms with Crippen LogP contribution >= 0.6 is 0 Å². The first-order valence-electron chi connectivity index (χ1n) is 4.88. The van der Waals surface area contributed by atoms with Crippen LogP contribution in [0.25, 0.3) is 0 Å². The van der Waals surface area contributed by atoms with E-state index in [1.165, 1.54) is 0 Å². The average molecular weight is 194 g/mol. The molecule has 0 saturated carbocycles. The lowest BCUT2D eigenvalue weighted by Gasteiger charge is -2.13. The van der Waals surface area contributed by atoms with Crippen LogP contribution in [0.15, 0.2) is 11.3 Å². The van der Waals surface area contributed by atoms with Crippen molar-refractivity contribution in [3.63, 3.8) is 0 Å². The van der Waals surface area contributed by atoms with Crippen molar-refractivity contribution >= 4 is 11.8 Å². The molecule has 4 heteroatoms. The minimum Gasteiger partial charge on any atom is -0.489 e. The molecule has 0 aromatic rings. The third-order valence-electron chi connectivity index (χ3n) is 2.95. The van der Waals surface area contributed by atoms with Gasteiger partial charge in [0.15, 0.2) is 11.9 Å². The van der Waals surface area contributed by atoms with Crippen LogP contribution in [0.5, 0.6) is 0 Å². The minimum atomic E-state index is -0.398. The van der Waals surface area contributed by atoms with Crippen molar-refractivity contribution in [2.24, 2.45) is 0 Å². The molecule has 1 fully saturated rings. The number of fused-ring (bicyclic) bond motifs is 2. The number of esters is 1. The van der Waals surface area contributed by atoms with Gasteiger partial charge in [0.1, 0.15) is 11.9 Å². The van der Waals surface area contributed by atoms with E-state index in [0.29, 0.717) is 12.0 Å². The van der Waals surface area contributed by atoms with Gasteiger partial charge in [-0.05, 0) is 6.42 Å². The third kappa shape index (κ3) is 0.937. The summed E-state index contributed by atoms with van der Waals surface area (Å²) in [5.74, 6) is 0.599. The van der Waals surface area contributed by atoms with Crippen molar-refractivity contribution in [1.82, 2.24) is 0 Å². The van der Waals surface area contributed by atoms with Gasteiger partial charge < -0.3 is 9.47 Å². The Morgan fingerprint density at radius 2 is 2.00 bits per heavy atom. The molecule has 74 valence electrons. The van der Waals surface area contributed by atoms with E-state index in [-0.39, 0.29) is 24.3 Å². The lowest BCUT2D eigenvalue weighted by atomic mass is 9.93. The van der Waals surface area contributed by atoms with Crippen molar-refractivity contribution in [3.8, 4) is 0 Å². The summed E-state index contributed by atoms with van der Waals surface area (Å²) in [6.07, 6.45) is 1.88. The van der Waals surface area contributed by atoms with Crippen LogP contribution in [0.2, 0.25) is 0 Å². The summed E-state index contributed by atoms with van der Waals surface area (Å²) in [5, 5.41) is 0. The minimum absolute atomic E-state index is 0.0912. The number of Topliss-reactive ketones (excluding diaryl/α,β-unsaturated/α-hetero) is 1. The Morgan fingerprint density at radius 3 is 2.86 bits per heavy atom. The van der Waals surface area contributed by atoms with Gasteiger partial charge in [-0.3, -0.25) is 9.59 Å². The van der Waals surface area contributed by atoms with Gasteiger partial charge >= 0.3 is 5.97 Å². The van der Waals surface area contributed by atoms with Crippen molar-refractivity contribution < 1.29 is 19.1 Å². The topological polar surface area (TPSA) is 52.6 Å². The van der Waals surface area contributed by atoms with Gasteiger partial charge in [0.25, 0.3) is 0 Å². The molecule has 0 bridgehead atoms. The Hall–Kier alpha value is -1.32. The van der Waals surface area contributed by atoms with E-state index < -0.39 is 6.10 Å². The Bertz CT molecular complexity index is 355. The molecule has 3 rings (SSSR count). The average Bonchev–Trinajstić information content (AvgIpc) is 2.60. The van der Waals surface area contributed by atoms with E-state index in [2.05, 4.69) is 0 Å². The zero-order valence-corrected chi connectivity index (χ0v) is 7.62. The lowest BCUT2D eigenvalue weighted by molar-refractivity contribution is -0.140. The fraction of sp³-hybridized carbons (Fsp3) is 0.600. The predicted molar refractivity (Wildman–Crippen MR) is 45.3 cm³/mol. The van der Waals surface area contributed by atoms with Crippen LogP contribution in [0.4, 0.5) is 0 Å². The van der Waals surface area contributed by atoms with Crippen LogP contribution in [0.1, 0.15) is 25.7 Å². The van der Waals surface area contributed by atoms with E-state index in [1.807, 2.05) is 0 Å². The molecular weight excluding hydrogens is 184 g/mol. The summed E-state index contributed by atoms with van der Waals surface area (Å²) < 4.78 is 10.6. The molecule has 2 aliphatic heterocycles. The summed E-state index contributed by atoms with van der Waals surface area (Å²) in [7, 11) is 0. The zero-order valence-electron chi connectivity index (χ0n) is 7.62. The molecule has 0 aromatic heterocycles. The molecule has 3 aliphatic rings. The standard InChI is InChI=1S/C10H10O4/c11-5-2-1-3-6-9(5)10-7(13-6)4-8(12)14-10/h7,10H,1-4H2/t7-,10-/m1/s1. The number of ether oxygens (including phenoxy) is 2. The predicted octanol–water partition coefficient (Wildman–Crippen LogP) is 0.708. The summed E-state index contributed by atoms with van der Waals surface area (Å²) in [6.45, 7) is 0. The SMILES string of the molecule is O=C1C[C@H]2OC3=C(C(=O)CCC3)[C@@H]2O1. The third-order valence-corrected chi connectivity index (χ3v) is 2.95. The highest BCUT2D eigenvalue weighted by Gasteiger charge is 2.48. The van der Waals surface area contributed by atoms with E-state index in [0.717, 1.165) is 18.6 Å². The van der Waals surface area contributed by atoms with Crippen LogP contribution in [-0.4, -0.2) is 24.0 Å². The highest BCUT2D eigenvalue weighted by molar-refractivity contribution is 5.99. The smallest absolute Gasteiger partial charge is 0.310 e. The van der Waals surface area contributed by atoms with Crippen molar-refractivity contribution in [3.05, 3.63) is 11.3 Å². The number of hydrogen-bond acceptors (Lipinski definition) is 4. The molecule has 0 aromatic carbocycles. The van der Waals surface area contributed by atoms with E-state index in [9.17, 15) is 9.59 Å². The molecule has 14 heavy (non-hydrogen) atoms. The second-order valence-electron chi connectivity index (χ2n) is 3.88. The Morgan fingerprint density at radius 1 is 1.14 bits per heavy atom. The van der Waals surface area contributed by atoms with Gasteiger partial charge in [-0.1, -0.05) is 0 Å². The van der Waals surface area contributed by atoms with Crippen LogP contribution in [0.3, 0.4) is 0 Å². The molecule has 0 unspecified atom stereocenters. The second kappa shape index (κ2) is 2.59. The lowest BCUT2D eigenvalue weighted by Crippen LogP contribution is -2.23. The van der Waals surface area contributed by atoms with Crippen molar-refractivity contribution in [2.45, 2.75) is 37.9 Å². The number of allylic oxidation sites excluding steroid dienone is 1. The van der Waals surface area contributed by atoms with Crippen LogP contribution < -0.4 is 0 Å². The summed E-state index contributed by atoms with van der Waals surface area (Å²) in [4.78, 5) is 22.6. The number of hydrogen-bond donors (Lipinski definition) is 0. The number of carbonyl (C=O) groups is 2. The van der Waals surface area contributed by atoms with Gasteiger partial charge in [0, 0.05) is 12.8 Å². The normalized spacial score (nSPS) is 35.1. The van der Waals surface area contributed by atoms with Crippen molar-refractivity contribution in [1.29, 1.82) is 0 Å². The first-order chi connectivity index (χ1) is 6.75. The van der Waals surface area contributed by atoms with Gasteiger partial charge in [-0.2, -0.15) is 0 Å². The van der Waals surface area contributed by atoms with E-state index >= 15 is 0 Å². The molecule has 0 N–H and O–H groups in total. The molecule has 1 aliphatic carbocycles. The van der Waals surface area contributed by atoms with Gasteiger partial charge in [0.2, 0.25) is 0 Å². The second-order valence-corrected chi connectivity index (χ2v) is 3.88. The van der Waals surface area contributed by atoms with E-state index in [4.69, 9.17) is 9.47 Å². The highest BCUT2D eigenvalue weighted by atomic mass is 16.6. The number of ketones is 1. The quantitative estimate of drug-likeness (QED) is 0.533. The molecule has 0 amide bonds. The van der Waals surface area contributed by atoms with Crippen LogP contribution in [0, 0.1) is 0 Å². The van der Waals surface area contributed by atoms with Gasteiger partial charge in [-0.25, -0.2) is 0 Å². The zero-order chi connectivity index (χ0) is 9.71. The first-order valence-corrected chi connectivity index (χ1v) is 4.88. The maximum atomic E-state index is 11.6. The molecule has 0 spiro atoms. The summed E-state index contributed by atoms with van der Waals surface area (Å²) in [5.41, 5.74) is 0.632. The summed E-state index contributed by atoms with van der Waals surface area (Å²) >= 11 is 0. The number of rotatable bonds is 0. The maximum Gasteiger partial charge on any atom is 0.310 e. The fourth-order valence-electron chi connectivity index (χ4n) is 2.34. The van der Waals surface area contributed by atoms with Crippen molar-refractivity contribution in [2.75, 3.05) is 0 Å². The monoisotopic (exact) mass is 194 g/mol. The number of carbonyl (C=O) groups excluding carboxylic acids is 2. The molecule has 2 heterocycles. The maximum absolute atomic E-state index is 11.6. The van der Waals surface area contributed by atoms with E-state index in [1.54, 1.807) is 0 Å². The molecule has 4 nitrogen and oxygen atoms in total. The molecule has 0 radical (unpaired) electrons. The van der Waals surface area contributed by atoms with Crippen LogP contribution in [-0.2, 0) is 19.1 Å². The fourth-order valence-corrected chi connectivity index (χ4v) is 2.34. The Labute approximate surface area is 80.9 Å².